The predicted octanol–water partition coefficient (Wildman–Crippen LogP) is 2.79. The van der Waals surface area contributed by atoms with Gasteiger partial charge in [0.1, 0.15) is 13.2 Å². The Bertz CT molecular complexity index is 377. The first-order valence-corrected chi connectivity index (χ1v) is 10.4. The summed E-state index contributed by atoms with van der Waals surface area (Å²) < 4.78 is 26.8. The molecule has 2 atom stereocenters. The molecule has 0 aromatic rings. The van der Waals surface area contributed by atoms with Gasteiger partial charge in [-0.1, -0.05) is 0 Å². The zero-order valence-electron chi connectivity index (χ0n) is 16.3. The van der Waals surface area contributed by atoms with E-state index >= 15 is 0 Å². The van der Waals surface area contributed by atoms with Gasteiger partial charge in [-0.25, -0.2) is 0 Å². The Morgan fingerprint density at radius 2 is 1.22 bits per heavy atom. The van der Waals surface area contributed by atoms with Crippen LogP contribution in [0.1, 0.15) is 64.2 Å². The van der Waals surface area contributed by atoms with Crippen LogP contribution >= 0.6 is 0 Å². The quantitative estimate of drug-likeness (QED) is 0.335. The Hall–Kier alpha value is -1.18. The van der Waals surface area contributed by atoms with Crippen molar-refractivity contribution in [1.29, 1.82) is 0 Å². The number of hydrogen-bond donors (Lipinski definition) is 0. The van der Waals surface area contributed by atoms with E-state index in [-0.39, 0.29) is 24.1 Å². The maximum atomic E-state index is 11.6. The third kappa shape index (κ3) is 10.7. The first kappa shape index (κ1) is 22.1. The number of rotatable bonds is 14. The molecular weight excluding hydrogens is 352 g/mol. The van der Waals surface area contributed by atoms with Gasteiger partial charge in [-0.05, 0) is 51.4 Å². The van der Waals surface area contributed by atoms with Crippen molar-refractivity contribution in [3.8, 4) is 0 Å². The number of ether oxygens (including phenoxy) is 5. The van der Waals surface area contributed by atoms with Crippen LogP contribution in [0.5, 0.6) is 0 Å². The lowest BCUT2D eigenvalue weighted by atomic mass is 10.2. The van der Waals surface area contributed by atoms with Crippen LogP contribution in [0, 0.1) is 0 Å². The van der Waals surface area contributed by atoms with Crippen LogP contribution < -0.4 is 0 Å². The van der Waals surface area contributed by atoms with Crippen molar-refractivity contribution < 1.29 is 33.3 Å². The minimum Gasteiger partial charge on any atom is -0.463 e. The molecule has 0 radical (unpaired) electrons. The summed E-state index contributed by atoms with van der Waals surface area (Å²) >= 11 is 0. The zero-order chi connectivity index (χ0) is 19.2. The summed E-state index contributed by atoms with van der Waals surface area (Å²) in [5.41, 5.74) is 0. The van der Waals surface area contributed by atoms with Gasteiger partial charge < -0.3 is 23.7 Å². The van der Waals surface area contributed by atoms with Crippen molar-refractivity contribution >= 4 is 11.9 Å². The number of unbranched alkanes of at least 4 members (excludes halogenated alkanes) is 2. The molecule has 2 heterocycles. The largest absolute Gasteiger partial charge is 0.463 e. The van der Waals surface area contributed by atoms with Gasteiger partial charge in [0.15, 0.2) is 0 Å². The van der Waals surface area contributed by atoms with Gasteiger partial charge in [0.25, 0.3) is 0 Å². The van der Waals surface area contributed by atoms with Crippen molar-refractivity contribution in [3.05, 3.63) is 0 Å². The highest BCUT2D eigenvalue weighted by molar-refractivity contribution is 5.69. The molecule has 2 aliphatic rings. The highest BCUT2D eigenvalue weighted by Crippen LogP contribution is 2.13. The average Bonchev–Trinajstić information content (AvgIpc) is 3.37. The van der Waals surface area contributed by atoms with Crippen LogP contribution in [0.4, 0.5) is 0 Å². The van der Waals surface area contributed by atoms with Gasteiger partial charge in [-0.2, -0.15) is 0 Å². The van der Waals surface area contributed by atoms with Crippen molar-refractivity contribution in [2.75, 3.05) is 39.6 Å². The zero-order valence-corrected chi connectivity index (χ0v) is 16.3. The van der Waals surface area contributed by atoms with E-state index in [1.807, 2.05) is 0 Å². The lowest BCUT2D eigenvalue weighted by Crippen LogP contribution is -2.17. The van der Waals surface area contributed by atoms with E-state index in [0.717, 1.165) is 64.6 Å². The van der Waals surface area contributed by atoms with Gasteiger partial charge in [0.2, 0.25) is 0 Å². The third-order valence-electron chi connectivity index (χ3n) is 4.75. The standard InChI is InChI=1S/C20H34O7/c21-19(26-15-17-7-5-13-24-17)9-1-3-11-23-12-4-2-10-20(22)27-16-18-8-6-14-25-18/h17-18H,1-16H2/t17-,18-/m0/s1. The lowest BCUT2D eigenvalue weighted by Gasteiger charge is -2.10. The van der Waals surface area contributed by atoms with E-state index in [1.54, 1.807) is 0 Å². The van der Waals surface area contributed by atoms with Crippen molar-refractivity contribution in [1.82, 2.24) is 0 Å². The molecule has 2 rings (SSSR count). The summed E-state index contributed by atoms with van der Waals surface area (Å²) in [6.07, 6.45) is 8.28. The molecule has 0 unspecified atom stereocenters. The Labute approximate surface area is 162 Å². The highest BCUT2D eigenvalue weighted by Gasteiger charge is 2.18. The lowest BCUT2D eigenvalue weighted by molar-refractivity contribution is -0.147. The molecule has 2 fully saturated rings. The molecular formula is C20H34O7. The van der Waals surface area contributed by atoms with E-state index in [0.29, 0.717) is 39.3 Å². The van der Waals surface area contributed by atoms with Crippen LogP contribution in [0.25, 0.3) is 0 Å². The van der Waals surface area contributed by atoms with Gasteiger partial charge in [0, 0.05) is 39.3 Å². The van der Waals surface area contributed by atoms with Crippen LogP contribution in [0.15, 0.2) is 0 Å². The van der Waals surface area contributed by atoms with Crippen LogP contribution in [-0.2, 0) is 33.3 Å². The van der Waals surface area contributed by atoms with Gasteiger partial charge >= 0.3 is 11.9 Å². The second kappa shape index (κ2) is 13.9. The molecule has 0 amide bonds. The van der Waals surface area contributed by atoms with E-state index in [1.165, 1.54) is 0 Å². The fourth-order valence-corrected chi connectivity index (χ4v) is 3.12. The normalized spacial score (nSPS) is 22.1. The Balaban J connectivity index is 1.30. The SMILES string of the molecule is O=C(CCCCOCCCCC(=O)OC[C@@H]1CCCO1)OC[C@@H]1CCCO1. The van der Waals surface area contributed by atoms with E-state index in [9.17, 15) is 9.59 Å². The summed E-state index contributed by atoms with van der Waals surface area (Å²) in [7, 11) is 0. The molecule has 27 heavy (non-hydrogen) atoms. The van der Waals surface area contributed by atoms with Crippen molar-refractivity contribution in [2.45, 2.75) is 76.4 Å². The maximum absolute atomic E-state index is 11.6. The number of carbonyl (C=O) groups is 2. The van der Waals surface area contributed by atoms with E-state index < -0.39 is 0 Å². The Morgan fingerprint density at radius 3 is 1.63 bits per heavy atom. The summed E-state index contributed by atoms with van der Waals surface area (Å²) in [6.45, 7) is 3.56. The van der Waals surface area contributed by atoms with Crippen molar-refractivity contribution in [3.63, 3.8) is 0 Å². The van der Waals surface area contributed by atoms with Crippen molar-refractivity contribution in [2.24, 2.45) is 0 Å². The van der Waals surface area contributed by atoms with Gasteiger partial charge in [0.05, 0.1) is 12.2 Å². The smallest absolute Gasteiger partial charge is 0.305 e. The molecule has 7 heteroatoms. The minimum atomic E-state index is -0.160. The third-order valence-corrected chi connectivity index (χ3v) is 4.75. The molecule has 0 saturated carbocycles. The van der Waals surface area contributed by atoms with Gasteiger partial charge in [-0.3, -0.25) is 9.59 Å². The second-order valence-corrected chi connectivity index (χ2v) is 7.16. The van der Waals surface area contributed by atoms with Crippen LogP contribution in [0.2, 0.25) is 0 Å². The predicted molar refractivity (Wildman–Crippen MR) is 98.4 cm³/mol. The molecule has 2 saturated heterocycles. The molecule has 0 aromatic carbocycles. The first-order valence-electron chi connectivity index (χ1n) is 10.4. The molecule has 156 valence electrons. The maximum Gasteiger partial charge on any atom is 0.305 e. The van der Waals surface area contributed by atoms with Crippen LogP contribution in [0.3, 0.4) is 0 Å². The monoisotopic (exact) mass is 386 g/mol. The fourth-order valence-electron chi connectivity index (χ4n) is 3.12. The number of hydrogen-bond acceptors (Lipinski definition) is 7. The summed E-state index contributed by atoms with van der Waals surface area (Å²) in [6, 6.07) is 0. The summed E-state index contributed by atoms with van der Waals surface area (Å²) in [4.78, 5) is 23.2. The number of esters is 2. The topological polar surface area (TPSA) is 80.3 Å². The Morgan fingerprint density at radius 1 is 0.741 bits per heavy atom. The van der Waals surface area contributed by atoms with E-state index in [2.05, 4.69) is 0 Å². The van der Waals surface area contributed by atoms with Gasteiger partial charge in [-0.15, -0.1) is 0 Å². The number of carbonyl (C=O) groups excluding carboxylic acids is 2. The molecule has 2 aliphatic heterocycles. The van der Waals surface area contributed by atoms with E-state index in [4.69, 9.17) is 23.7 Å². The first-order chi connectivity index (χ1) is 13.2. The highest BCUT2D eigenvalue weighted by atomic mass is 16.6. The summed E-state index contributed by atoms with van der Waals surface area (Å²) in [5.74, 6) is -0.320. The molecule has 0 N–H and O–H groups in total. The molecule has 0 aromatic heterocycles. The molecule has 0 spiro atoms. The minimum absolute atomic E-state index is 0.0885. The fraction of sp³-hybridized carbons (Fsp3) is 0.900. The molecule has 0 bridgehead atoms. The summed E-state index contributed by atoms with van der Waals surface area (Å²) in [5, 5.41) is 0. The molecule has 0 aliphatic carbocycles. The Kier molecular flexibility index (Phi) is 11.4. The molecule has 7 nitrogen and oxygen atoms in total. The van der Waals surface area contributed by atoms with Crippen LogP contribution in [-0.4, -0.2) is 63.8 Å². The second-order valence-electron chi connectivity index (χ2n) is 7.16. The average molecular weight is 386 g/mol.